The quantitative estimate of drug-likeness (QED) is 0.903. The van der Waals surface area contributed by atoms with Crippen LogP contribution in [0.25, 0.3) is 0 Å². The summed E-state index contributed by atoms with van der Waals surface area (Å²) in [4.78, 5) is 12.0. The van der Waals surface area contributed by atoms with Crippen LogP contribution >= 0.6 is 11.6 Å². The number of carbonyl (C=O) groups excluding carboxylic acids is 1. The van der Waals surface area contributed by atoms with E-state index < -0.39 is 0 Å². The van der Waals surface area contributed by atoms with Gasteiger partial charge in [0.2, 0.25) is 0 Å². The van der Waals surface area contributed by atoms with Gasteiger partial charge in [-0.25, -0.2) is 4.39 Å². The summed E-state index contributed by atoms with van der Waals surface area (Å²) in [5.41, 5.74) is 6.56. The minimum absolute atomic E-state index is 0.0262. The molecule has 1 aliphatic rings. The summed E-state index contributed by atoms with van der Waals surface area (Å²) in [6, 6.07) is 4.10. The van der Waals surface area contributed by atoms with Crippen LogP contribution in [0.2, 0.25) is 5.02 Å². The molecule has 1 aromatic carbocycles. The van der Waals surface area contributed by atoms with Gasteiger partial charge in [-0.15, -0.1) is 0 Å². The molecule has 0 heterocycles. The highest BCUT2D eigenvalue weighted by Crippen LogP contribution is 2.27. The Labute approximate surface area is 105 Å². The van der Waals surface area contributed by atoms with Gasteiger partial charge in [0.25, 0.3) is 0 Å². The average Bonchev–Trinajstić information content (AvgIpc) is 2.68. The van der Waals surface area contributed by atoms with Gasteiger partial charge in [-0.05, 0) is 30.5 Å². The van der Waals surface area contributed by atoms with Gasteiger partial charge in [0, 0.05) is 23.4 Å². The molecule has 1 aliphatic carbocycles. The van der Waals surface area contributed by atoms with Gasteiger partial charge in [-0.3, -0.25) is 4.79 Å². The third-order valence-corrected chi connectivity index (χ3v) is 3.71. The van der Waals surface area contributed by atoms with E-state index in [9.17, 15) is 9.18 Å². The summed E-state index contributed by atoms with van der Waals surface area (Å²) < 4.78 is 12.9. The zero-order valence-corrected chi connectivity index (χ0v) is 10.2. The van der Waals surface area contributed by atoms with E-state index >= 15 is 0 Å². The number of benzene rings is 1. The van der Waals surface area contributed by atoms with Crippen LogP contribution in [0.5, 0.6) is 0 Å². The first-order valence-electron chi connectivity index (χ1n) is 5.80. The standard InChI is InChI=1S/C13H15ClFNO/c14-11-7-9(15)5-4-8(11)6-13(17)10-2-1-3-12(10)16/h4-5,7,10,12H,1-3,6,16H2. The van der Waals surface area contributed by atoms with Crippen molar-refractivity contribution < 1.29 is 9.18 Å². The number of nitrogens with two attached hydrogens (primary N) is 1. The molecule has 17 heavy (non-hydrogen) atoms. The van der Waals surface area contributed by atoms with Gasteiger partial charge in [0.15, 0.2) is 0 Å². The van der Waals surface area contributed by atoms with Crippen LogP contribution in [-0.4, -0.2) is 11.8 Å². The highest BCUT2D eigenvalue weighted by atomic mass is 35.5. The Morgan fingerprint density at radius 1 is 1.47 bits per heavy atom. The van der Waals surface area contributed by atoms with Crippen LogP contribution in [0.3, 0.4) is 0 Å². The largest absolute Gasteiger partial charge is 0.327 e. The Morgan fingerprint density at radius 3 is 2.82 bits per heavy atom. The Hall–Kier alpha value is -0.930. The molecule has 0 spiro atoms. The van der Waals surface area contributed by atoms with Crippen LogP contribution in [0.1, 0.15) is 24.8 Å². The molecule has 1 fully saturated rings. The first-order chi connectivity index (χ1) is 8.08. The van der Waals surface area contributed by atoms with E-state index in [4.69, 9.17) is 17.3 Å². The molecule has 0 bridgehead atoms. The van der Waals surface area contributed by atoms with Crippen LogP contribution in [-0.2, 0) is 11.2 Å². The summed E-state index contributed by atoms with van der Waals surface area (Å²) in [6.45, 7) is 0. The number of hydrogen-bond acceptors (Lipinski definition) is 2. The zero-order valence-electron chi connectivity index (χ0n) is 9.46. The molecule has 0 saturated heterocycles. The maximum absolute atomic E-state index is 12.9. The molecule has 1 aromatic rings. The molecule has 92 valence electrons. The van der Waals surface area contributed by atoms with E-state index in [2.05, 4.69) is 0 Å². The van der Waals surface area contributed by atoms with Gasteiger partial charge in [0.05, 0.1) is 0 Å². The summed E-state index contributed by atoms with van der Waals surface area (Å²) in [5.74, 6) is -0.330. The highest BCUT2D eigenvalue weighted by Gasteiger charge is 2.30. The lowest BCUT2D eigenvalue weighted by molar-refractivity contribution is -0.122. The first-order valence-corrected chi connectivity index (χ1v) is 6.18. The highest BCUT2D eigenvalue weighted by molar-refractivity contribution is 6.31. The predicted molar refractivity (Wildman–Crippen MR) is 65.4 cm³/mol. The van der Waals surface area contributed by atoms with E-state index in [1.165, 1.54) is 12.1 Å². The molecular weight excluding hydrogens is 241 g/mol. The molecule has 4 heteroatoms. The van der Waals surface area contributed by atoms with Crippen molar-refractivity contribution in [2.24, 2.45) is 11.7 Å². The van der Waals surface area contributed by atoms with Gasteiger partial charge >= 0.3 is 0 Å². The normalized spacial score (nSPS) is 23.9. The van der Waals surface area contributed by atoms with Crippen LogP contribution in [0, 0.1) is 11.7 Å². The van der Waals surface area contributed by atoms with Crippen molar-refractivity contribution in [1.82, 2.24) is 0 Å². The third kappa shape index (κ3) is 2.85. The van der Waals surface area contributed by atoms with Crippen molar-refractivity contribution in [3.8, 4) is 0 Å². The third-order valence-electron chi connectivity index (χ3n) is 3.36. The summed E-state index contributed by atoms with van der Waals surface area (Å²) >= 11 is 5.89. The average molecular weight is 256 g/mol. The van der Waals surface area contributed by atoms with Crippen LogP contribution in [0.4, 0.5) is 4.39 Å². The number of Topliss-reactive ketones (excluding diaryl/α,β-unsaturated/α-hetero) is 1. The number of carbonyl (C=O) groups is 1. The van der Waals surface area contributed by atoms with Gasteiger partial charge < -0.3 is 5.73 Å². The van der Waals surface area contributed by atoms with Gasteiger partial charge in [0.1, 0.15) is 11.6 Å². The smallest absolute Gasteiger partial charge is 0.141 e. The lowest BCUT2D eigenvalue weighted by Gasteiger charge is -2.14. The predicted octanol–water partition coefficient (Wildman–Crippen LogP) is 2.72. The second-order valence-corrected chi connectivity index (χ2v) is 4.99. The fourth-order valence-corrected chi connectivity index (χ4v) is 2.61. The molecule has 0 aromatic heterocycles. The number of hydrogen-bond donors (Lipinski definition) is 1. The number of ketones is 1. The SMILES string of the molecule is NC1CCCC1C(=O)Cc1ccc(F)cc1Cl. The zero-order chi connectivity index (χ0) is 12.4. The number of halogens is 2. The maximum atomic E-state index is 12.9. The fourth-order valence-electron chi connectivity index (χ4n) is 2.37. The molecular formula is C13H15ClFNO. The molecule has 0 amide bonds. The summed E-state index contributed by atoms with van der Waals surface area (Å²) in [6.07, 6.45) is 3.03. The van der Waals surface area contributed by atoms with Gasteiger partial charge in [-0.1, -0.05) is 24.1 Å². The van der Waals surface area contributed by atoms with Gasteiger partial charge in [-0.2, -0.15) is 0 Å². The lowest BCUT2D eigenvalue weighted by atomic mass is 9.94. The Balaban J connectivity index is 2.07. The van der Waals surface area contributed by atoms with Crippen molar-refractivity contribution in [3.63, 3.8) is 0 Å². The summed E-state index contributed by atoms with van der Waals surface area (Å²) in [5, 5.41) is 0.310. The fraction of sp³-hybridized carbons (Fsp3) is 0.462. The van der Waals surface area contributed by atoms with E-state index in [1.54, 1.807) is 6.07 Å². The molecule has 2 unspecified atom stereocenters. The minimum atomic E-state index is -0.385. The Bertz CT molecular complexity index is 435. The summed E-state index contributed by atoms with van der Waals surface area (Å²) in [7, 11) is 0. The minimum Gasteiger partial charge on any atom is -0.327 e. The molecule has 2 N–H and O–H groups in total. The molecule has 0 radical (unpaired) electrons. The molecule has 2 nitrogen and oxygen atoms in total. The Kier molecular flexibility index (Phi) is 3.79. The van der Waals surface area contributed by atoms with Crippen molar-refractivity contribution in [3.05, 3.63) is 34.6 Å². The molecule has 0 aliphatic heterocycles. The maximum Gasteiger partial charge on any atom is 0.141 e. The van der Waals surface area contributed by atoms with Crippen molar-refractivity contribution in [2.75, 3.05) is 0 Å². The van der Waals surface area contributed by atoms with Crippen molar-refractivity contribution in [1.29, 1.82) is 0 Å². The van der Waals surface area contributed by atoms with E-state index in [-0.39, 0.29) is 30.0 Å². The van der Waals surface area contributed by atoms with Crippen molar-refractivity contribution >= 4 is 17.4 Å². The van der Waals surface area contributed by atoms with E-state index in [0.29, 0.717) is 10.6 Å². The number of rotatable bonds is 3. The van der Waals surface area contributed by atoms with E-state index in [1.807, 2.05) is 0 Å². The van der Waals surface area contributed by atoms with Crippen LogP contribution in [0.15, 0.2) is 18.2 Å². The second kappa shape index (κ2) is 5.15. The molecule has 2 rings (SSSR count). The molecule has 1 saturated carbocycles. The Morgan fingerprint density at radius 2 is 2.24 bits per heavy atom. The van der Waals surface area contributed by atoms with E-state index in [0.717, 1.165) is 19.3 Å². The molecule has 2 atom stereocenters. The topological polar surface area (TPSA) is 43.1 Å². The first kappa shape index (κ1) is 12.5. The lowest BCUT2D eigenvalue weighted by Crippen LogP contribution is -2.31. The van der Waals surface area contributed by atoms with Crippen molar-refractivity contribution in [2.45, 2.75) is 31.7 Å². The monoisotopic (exact) mass is 255 g/mol. The second-order valence-electron chi connectivity index (χ2n) is 4.58. The van der Waals surface area contributed by atoms with Crippen LogP contribution < -0.4 is 5.73 Å².